The minimum absolute atomic E-state index is 0.0273. The van der Waals surface area contributed by atoms with Crippen molar-refractivity contribution in [2.75, 3.05) is 0 Å². The predicted molar refractivity (Wildman–Crippen MR) is 384 cm³/mol. The number of rotatable bonds is 10. The largest absolute Gasteiger partial charge is 0.355 e. The molecule has 10 nitrogen and oxygen atoms in total. The molecule has 0 saturated heterocycles. The number of aryl methyl sites for hydroxylation is 4. The topological polar surface area (TPSA) is 144 Å². The van der Waals surface area contributed by atoms with E-state index in [0.717, 1.165) is 22.3 Å². The van der Waals surface area contributed by atoms with Crippen LogP contribution in [0, 0.1) is 85.9 Å². The van der Waals surface area contributed by atoms with Gasteiger partial charge in [-0.3, -0.25) is 4.79 Å². The second-order valence-electron chi connectivity index (χ2n) is 25.5. The molecule has 6 aromatic carbocycles. The van der Waals surface area contributed by atoms with Crippen LogP contribution >= 0.6 is 0 Å². The minimum atomic E-state index is -2.31. The van der Waals surface area contributed by atoms with Crippen molar-refractivity contribution in [3.05, 3.63) is 283 Å². The SMILES string of the molecule is Cc1ccc(-c2c3nc(c(-c4c(F)c(F)c(F)c(F)c4F)c4ccc([nH]4)c(-c4ccc(C)cc4)c4nc(c(CNC(=O)Cc5c6nc(c(-c7ccc(C)cc7)c7ccc([nH]7)c(-c7c(F)c(F)c(F)c(F)c7F)c7nc(c(-c8ccc(C)cc8)c8ccc5[nH]8)C=C7)C=C6)c5ccc2[nH]5)C=C4)C=C3)cc1. The van der Waals surface area contributed by atoms with Crippen LogP contribution in [0.2, 0.25) is 0 Å². The molecule has 103 heavy (non-hydrogen) atoms. The first-order chi connectivity index (χ1) is 49.7. The van der Waals surface area contributed by atoms with Crippen molar-refractivity contribution in [1.82, 2.24) is 45.2 Å². The summed E-state index contributed by atoms with van der Waals surface area (Å²) < 4.78 is 156. The molecule has 16 rings (SSSR count). The summed E-state index contributed by atoms with van der Waals surface area (Å²) in [5.74, 6) is -21.8. The van der Waals surface area contributed by atoms with Crippen molar-refractivity contribution >= 4 is 98.6 Å². The molecule has 0 saturated carbocycles. The minimum Gasteiger partial charge on any atom is -0.355 e. The maximum Gasteiger partial charge on any atom is 0.224 e. The molecule has 0 atom stereocenters. The number of benzene rings is 6. The first kappa shape index (κ1) is 64.9. The zero-order valence-corrected chi connectivity index (χ0v) is 54.9. The van der Waals surface area contributed by atoms with E-state index in [0.29, 0.717) is 112 Å². The Balaban J connectivity index is 0.900. The van der Waals surface area contributed by atoms with Crippen LogP contribution in [-0.4, -0.2) is 45.8 Å². The molecule has 4 aliphatic heterocycles. The number of fused-ring (bicyclic) bond motifs is 16. The van der Waals surface area contributed by atoms with Gasteiger partial charge in [0.1, 0.15) is 0 Å². The van der Waals surface area contributed by atoms with E-state index in [1.807, 2.05) is 137 Å². The highest BCUT2D eigenvalue weighted by Gasteiger charge is 2.33. The summed E-state index contributed by atoms with van der Waals surface area (Å²) in [6.45, 7) is 7.53. The Morgan fingerprint density at radius 3 is 0.806 bits per heavy atom. The van der Waals surface area contributed by atoms with Gasteiger partial charge in [-0.05, 0) is 147 Å². The molecular weight excluding hydrogens is 1330 g/mol. The zero-order chi connectivity index (χ0) is 71.4. The maximum absolute atomic E-state index is 16.3. The number of nitrogens with one attached hydrogen (secondary N) is 5. The maximum atomic E-state index is 16.3. The summed E-state index contributed by atoms with van der Waals surface area (Å²) in [5, 5.41) is 3.21. The Morgan fingerprint density at radius 1 is 0.272 bits per heavy atom. The van der Waals surface area contributed by atoms with Crippen molar-refractivity contribution in [2.24, 2.45) is 0 Å². The second-order valence-corrected chi connectivity index (χ2v) is 25.5. The standard InChI is InChI=1S/C83H53F10N9O/c1-39-5-13-43(14-6-39)66-53-25-21-49(95-53)47(50-22-26-54(96-50)67(44-15-7-40(2)8-16-44)58-30-34-62(100-58)70(61-33-29-57(66)99-61)72-74(84)78(88)82(92)79(89)75(72)85)37-65(103)94-38-48-51-23-27-55(97-51)68(45-17-9-41(3)10-18-45)59-31-35-63(101-59)71(73-76(86)80(90)83(93)81(91)77(73)87)64-36-32-60(102-64)69(56-28-24-52(48)98-56)46-19-11-42(4)12-20-46/h5-36,95,97,100,102H,37-38H2,1-4H3,(H,94,103). The van der Waals surface area contributed by atoms with Crippen LogP contribution in [0.4, 0.5) is 43.9 Å². The average Bonchev–Trinajstić information content (AvgIpc) is 1.71. The lowest BCUT2D eigenvalue weighted by Crippen LogP contribution is -2.25. The quantitative estimate of drug-likeness (QED) is 0.0526. The monoisotopic (exact) mass is 1380 g/mol. The van der Waals surface area contributed by atoms with E-state index in [-0.39, 0.29) is 46.8 Å². The Hall–Kier alpha value is -12.7. The molecule has 506 valence electrons. The second kappa shape index (κ2) is 25.5. The third-order valence-corrected chi connectivity index (χ3v) is 18.8. The highest BCUT2D eigenvalue weighted by atomic mass is 19.2. The molecule has 0 fully saturated rings. The fourth-order valence-electron chi connectivity index (χ4n) is 13.6. The van der Waals surface area contributed by atoms with Gasteiger partial charge in [-0.1, -0.05) is 119 Å². The van der Waals surface area contributed by atoms with Gasteiger partial charge in [0, 0.05) is 95.2 Å². The van der Waals surface area contributed by atoms with Gasteiger partial charge in [0.25, 0.3) is 0 Å². The molecule has 0 radical (unpaired) electrons. The van der Waals surface area contributed by atoms with E-state index in [4.69, 9.17) is 19.9 Å². The fraction of sp³-hybridized carbons (Fsp3) is 0.0723. The smallest absolute Gasteiger partial charge is 0.224 e. The zero-order valence-electron chi connectivity index (χ0n) is 54.9. The van der Waals surface area contributed by atoms with Crippen LogP contribution in [0.25, 0.3) is 160 Å². The van der Waals surface area contributed by atoms with Gasteiger partial charge >= 0.3 is 0 Å². The third-order valence-electron chi connectivity index (χ3n) is 18.8. The van der Waals surface area contributed by atoms with Crippen LogP contribution in [0.5, 0.6) is 0 Å². The van der Waals surface area contributed by atoms with E-state index >= 15 is 39.9 Å². The van der Waals surface area contributed by atoms with E-state index in [2.05, 4.69) is 25.3 Å². The van der Waals surface area contributed by atoms with Crippen LogP contribution < -0.4 is 5.32 Å². The summed E-state index contributed by atoms with van der Waals surface area (Å²) in [6, 6.07) is 43.4. The molecule has 10 heterocycles. The summed E-state index contributed by atoms with van der Waals surface area (Å²) >= 11 is 0. The van der Waals surface area contributed by atoms with Gasteiger partial charge < -0.3 is 25.3 Å². The number of aromatic nitrogens is 8. The van der Waals surface area contributed by atoms with Gasteiger partial charge in [0.2, 0.25) is 17.5 Å². The molecular formula is C83H53F10N9O. The lowest BCUT2D eigenvalue weighted by Gasteiger charge is -2.10. The van der Waals surface area contributed by atoms with E-state index in [1.165, 1.54) is 24.3 Å². The Kier molecular flexibility index (Phi) is 16.1. The fourth-order valence-corrected chi connectivity index (χ4v) is 13.6. The number of nitrogens with zero attached hydrogens (tertiary/aromatic N) is 4. The Bertz CT molecular complexity index is 5990. The lowest BCUT2D eigenvalue weighted by atomic mass is 10.0. The van der Waals surface area contributed by atoms with Crippen LogP contribution in [-0.2, 0) is 17.8 Å². The Morgan fingerprint density at radius 2 is 0.495 bits per heavy atom. The molecule has 6 aromatic heterocycles. The highest BCUT2D eigenvalue weighted by Crippen LogP contribution is 2.44. The highest BCUT2D eigenvalue weighted by molar-refractivity contribution is 6.01. The van der Waals surface area contributed by atoms with Crippen molar-refractivity contribution < 1.29 is 48.7 Å². The molecule has 16 bridgehead atoms. The van der Waals surface area contributed by atoms with E-state index in [1.54, 1.807) is 60.7 Å². The summed E-state index contributed by atoms with van der Waals surface area (Å²) in [6.07, 6.45) is 12.9. The molecule has 0 aliphatic carbocycles. The normalized spacial score (nSPS) is 12.3. The van der Waals surface area contributed by atoms with Gasteiger partial charge in [0.05, 0.1) is 63.1 Å². The summed E-state index contributed by atoms with van der Waals surface area (Å²) in [4.78, 5) is 49.4. The number of halogens is 10. The number of hydrogen-bond acceptors (Lipinski definition) is 5. The molecule has 20 heteroatoms. The van der Waals surface area contributed by atoms with Gasteiger partial charge in [-0.25, -0.2) is 63.8 Å². The van der Waals surface area contributed by atoms with E-state index in [9.17, 15) is 8.78 Å². The molecule has 1 amide bonds. The van der Waals surface area contributed by atoms with Crippen molar-refractivity contribution in [3.63, 3.8) is 0 Å². The average molecular weight is 1380 g/mol. The predicted octanol–water partition coefficient (Wildman–Crippen LogP) is 21.1. The van der Waals surface area contributed by atoms with Gasteiger partial charge in [0.15, 0.2) is 46.5 Å². The first-order valence-corrected chi connectivity index (χ1v) is 32.6. The number of hydrogen-bond donors (Lipinski definition) is 5. The molecule has 0 unspecified atom stereocenters. The molecule has 0 spiro atoms. The molecule has 12 aromatic rings. The number of H-pyrrole nitrogens is 4. The summed E-state index contributed by atoms with van der Waals surface area (Å²) in [7, 11) is 0. The van der Waals surface area contributed by atoms with Crippen molar-refractivity contribution in [3.8, 4) is 66.8 Å². The molecule has 5 N–H and O–H groups in total. The van der Waals surface area contributed by atoms with Crippen molar-refractivity contribution in [1.29, 1.82) is 0 Å². The number of carbonyl (C=O) groups excluding carboxylic acids is 1. The third kappa shape index (κ3) is 11.4. The van der Waals surface area contributed by atoms with Crippen LogP contribution in [0.3, 0.4) is 0 Å². The number of aromatic amines is 4. The lowest BCUT2D eigenvalue weighted by molar-refractivity contribution is -0.120. The van der Waals surface area contributed by atoms with Gasteiger partial charge in [-0.15, -0.1) is 0 Å². The molecule has 4 aliphatic rings. The van der Waals surface area contributed by atoms with E-state index < -0.39 is 86.3 Å². The van der Waals surface area contributed by atoms with Crippen molar-refractivity contribution in [2.45, 2.75) is 40.7 Å². The summed E-state index contributed by atoms with van der Waals surface area (Å²) in [5.41, 5.74) is 10.5. The number of amides is 1. The van der Waals surface area contributed by atoms with Crippen LogP contribution in [0.15, 0.2) is 146 Å². The number of carbonyl (C=O) groups is 1. The van der Waals surface area contributed by atoms with Crippen LogP contribution in [0.1, 0.15) is 78.9 Å². The Labute approximate surface area is 579 Å². The van der Waals surface area contributed by atoms with Gasteiger partial charge in [-0.2, -0.15) is 0 Å². The first-order valence-electron chi connectivity index (χ1n) is 32.6.